The summed E-state index contributed by atoms with van der Waals surface area (Å²) in [6.07, 6.45) is 1.73. The van der Waals surface area contributed by atoms with Gasteiger partial charge in [0.25, 0.3) is 5.56 Å². The van der Waals surface area contributed by atoms with E-state index in [2.05, 4.69) is 10.3 Å². The lowest BCUT2D eigenvalue weighted by Crippen LogP contribution is -2.40. The molecule has 0 aliphatic carbocycles. The van der Waals surface area contributed by atoms with Gasteiger partial charge in [0, 0.05) is 13.0 Å². The second-order valence-electron chi connectivity index (χ2n) is 5.95. The Morgan fingerprint density at radius 2 is 2.00 bits per heavy atom. The zero-order valence-corrected chi connectivity index (χ0v) is 13.7. The van der Waals surface area contributed by atoms with E-state index in [0.29, 0.717) is 17.3 Å². The third-order valence-electron chi connectivity index (χ3n) is 3.76. The van der Waals surface area contributed by atoms with Gasteiger partial charge in [0.2, 0.25) is 5.91 Å². The summed E-state index contributed by atoms with van der Waals surface area (Å²) in [6.45, 7) is 3.95. The van der Waals surface area contributed by atoms with Crippen molar-refractivity contribution >= 4 is 22.8 Å². The van der Waals surface area contributed by atoms with E-state index in [4.69, 9.17) is 5.11 Å². The van der Waals surface area contributed by atoms with Crippen LogP contribution < -0.4 is 10.9 Å². The second-order valence-corrected chi connectivity index (χ2v) is 5.95. The zero-order chi connectivity index (χ0) is 17.7. The molecule has 1 aromatic carbocycles. The average molecular weight is 331 g/mol. The molecule has 1 unspecified atom stereocenters. The van der Waals surface area contributed by atoms with E-state index < -0.39 is 12.0 Å². The molecule has 0 bridgehead atoms. The average Bonchev–Trinajstić information content (AvgIpc) is 2.54. The van der Waals surface area contributed by atoms with E-state index in [1.54, 1.807) is 24.3 Å². The molecular weight excluding hydrogens is 310 g/mol. The molecule has 7 heteroatoms. The molecule has 0 spiro atoms. The van der Waals surface area contributed by atoms with Gasteiger partial charge in [-0.25, -0.2) is 4.98 Å². The van der Waals surface area contributed by atoms with E-state index in [-0.39, 0.29) is 30.3 Å². The summed E-state index contributed by atoms with van der Waals surface area (Å²) in [7, 11) is 0. The maximum absolute atomic E-state index is 12.7. The first kappa shape index (κ1) is 17.7. The standard InChI is InChI=1S/C17H21N3O4/c1-11(2)15(16(23)18-9-5-8-14(21)22)20-10-19-13-7-4-3-6-12(13)17(20)24/h3-4,6-7,10-11,15H,5,8-9H2,1-2H3,(H,18,23)(H,21,22). The molecule has 0 aliphatic heterocycles. The van der Waals surface area contributed by atoms with Crippen LogP contribution in [0.25, 0.3) is 10.9 Å². The Kier molecular flexibility index (Phi) is 5.68. The van der Waals surface area contributed by atoms with Crippen molar-refractivity contribution in [3.8, 4) is 0 Å². The van der Waals surface area contributed by atoms with Crippen LogP contribution >= 0.6 is 0 Å². The SMILES string of the molecule is CC(C)C(C(=O)NCCCC(=O)O)n1cnc2ccccc2c1=O. The van der Waals surface area contributed by atoms with Gasteiger partial charge in [0.1, 0.15) is 6.04 Å². The number of carboxylic acid groups (broad SMARTS) is 1. The lowest BCUT2D eigenvalue weighted by Gasteiger charge is -2.22. The van der Waals surface area contributed by atoms with Gasteiger partial charge in [-0.2, -0.15) is 0 Å². The number of nitrogens with one attached hydrogen (secondary N) is 1. The van der Waals surface area contributed by atoms with E-state index in [9.17, 15) is 14.4 Å². The number of aromatic nitrogens is 2. The highest BCUT2D eigenvalue weighted by Gasteiger charge is 2.25. The number of amides is 1. The number of carbonyl (C=O) groups excluding carboxylic acids is 1. The van der Waals surface area contributed by atoms with Crippen LogP contribution in [0.5, 0.6) is 0 Å². The largest absolute Gasteiger partial charge is 0.481 e. The van der Waals surface area contributed by atoms with Gasteiger partial charge >= 0.3 is 5.97 Å². The smallest absolute Gasteiger partial charge is 0.303 e. The van der Waals surface area contributed by atoms with Crippen LogP contribution in [-0.4, -0.2) is 33.1 Å². The summed E-state index contributed by atoms with van der Waals surface area (Å²) in [5, 5.41) is 11.8. The summed E-state index contributed by atoms with van der Waals surface area (Å²) in [5.74, 6) is -1.33. The number of carboxylic acids is 1. The van der Waals surface area contributed by atoms with Gasteiger partial charge in [0.05, 0.1) is 17.2 Å². The number of hydrogen-bond acceptors (Lipinski definition) is 4. The van der Waals surface area contributed by atoms with Crippen molar-refractivity contribution in [2.45, 2.75) is 32.7 Å². The summed E-state index contributed by atoms with van der Waals surface area (Å²) in [4.78, 5) is 39.9. The Balaban J connectivity index is 2.24. The lowest BCUT2D eigenvalue weighted by atomic mass is 10.0. The highest BCUT2D eigenvalue weighted by atomic mass is 16.4. The Morgan fingerprint density at radius 3 is 2.67 bits per heavy atom. The quantitative estimate of drug-likeness (QED) is 0.750. The van der Waals surface area contributed by atoms with Crippen molar-refractivity contribution in [1.82, 2.24) is 14.9 Å². The van der Waals surface area contributed by atoms with Gasteiger partial charge in [-0.15, -0.1) is 0 Å². The van der Waals surface area contributed by atoms with Crippen LogP contribution in [0, 0.1) is 5.92 Å². The van der Waals surface area contributed by atoms with E-state index in [1.807, 2.05) is 13.8 Å². The number of para-hydroxylation sites is 1. The van der Waals surface area contributed by atoms with Crippen LogP contribution in [-0.2, 0) is 9.59 Å². The minimum atomic E-state index is -0.903. The molecule has 0 saturated carbocycles. The number of nitrogens with zero attached hydrogens (tertiary/aromatic N) is 2. The maximum atomic E-state index is 12.7. The Morgan fingerprint density at radius 1 is 1.29 bits per heavy atom. The van der Waals surface area contributed by atoms with E-state index in [1.165, 1.54) is 10.9 Å². The maximum Gasteiger partial charge on any atom is 0.303 e. The van der Waals surface area contributed by atoms with Crippen LogP contribution in [0.1, 0.15) is 32.7 Å². The normalized spacial score (nSPS) is 12.3. The predicted octanol–water partition coefficient (Wildman–Crippen LogP) is 1.57. The third kappa shape index (κ3) is 3.98. The molecule has 0 saturated heterocycles. The van der Waals surface area contributed by atoms with Gasteiger partial charge in [0.15, 0.2) is 0 Å². The van der Waals surface area contributed by atoms with Gasteiger partial charge in [-0.3, -0.25) is 19.0 Å². The van der Waals surface area contributed by atoms with Crippen LogP contribution in [0.15, 0.2) is 35.4 Å². The molecule has 1 heterocycles. The zero-order valence-electron chi connectivity index (χ0n) is 13.7. The van der Waals surface area contributed by atoms with Gasteiger partial charge in [-0.05, 0) is 24.5 Å². The molecule has 1 atom stereocenters. The Hall–Kier alpha value is -2.70. The number of carbonyl (C=O) groups is 2. The first-order chi connectivity index (χ1) is 11.4. The molecule has 1 amide bonds. The minimum Gasteiger partial charge on any atom is -0.481 e. The molecular formula is C17H21N3O4. The molecule has 128 valence electrons. The molecule has 2 N–H and O–H groups in total. The van der Waals surface area contributed by atoms with Crippen molar-refractivity contribution < 1.29 is 14.7 Å². The third-order valence-corrected chi connectivity index (χ3v) is 3.76. The first-order valence-corrected chi connectivity index (χ1v) is 7.87. The Labute approximate surface area is 139 Å². The number of aliphatic carboxylic acids is 1. The fourth-order valence-electron chi connectivity index (χ4n) is 2.59. The van der Waals surface area contributed by atoms with Crippen molar-refractivity contribution in [2.24, 2.45) is 5.92 Å². The van der Waals surface area contributed by atoms with Crippen molar-refractivity contribution in [2.75, 3.05) is 6.54 Å². The fourth-order valence-corrected chi connectivity index (χ4v) is 2.59. The molecule has 0 aliphatic rings. The van der Waals surface area contributed by atoms with Crippen molar-refractivity contribution in [3.05, 3.63) is 40.9 Å². The topological polar surface area (TPSA) is 101 Å². The monoisotopic (exact) mass is 331 g/mol. The number of fused-ring (bicyclic) bond motifs is 1. The van der Waals surface area contributed by atoms with Gasteiger partial charge in [-0.1, -0.05) is 26.0 Å². The molecule has 7 nitrogen and oxygen atoms in total. The first-order valence-electron chi connectivity index (χ1n) is 7.87. The molecule has 1 aromatic heterocycles. The highest BCUT2D eigenvalue weighted by Crippen LogP contribution is 2.17. The van der Waals surface area contributed by atoms with E-state index >= 15 is 0 Å². The summed E-state index contributed by atoms with van der Waals surface area (Å²) >= 11 is 0. The molecule has 2 aromatic rings. The van der Waals surface area contributed by atoms with Crippen LogP contribution in [0.2, 0.25) is 0 Å². The second kappa shape index (κ2) is 7.72. The fraction of sp³-hybridized carbons (Fsp3) is 0.412. The lowest BCUT2D eigenvalue weighted by molar-refractivity contribution is -0.137. The number of rotatable bonds is 7. The van der Waals surface area contributed by atoms with Gasteiger partial charge < -0.3 is 10.4 Å². The number of benzene rings is 1. The van der Waals surface area contributed by atoms with Crippen LogP contribution in [0.4, 0.5) is 0 Å². The van der Waals surface area contributed by atoms with Crippen LogP contribution in [0.3, 0.4) is 0 Å². The summed E-state index contributed by atoms with van der Waals surface area (Å²) in [5.41, 5.74) is 0.322. The highest BCUT2D eigenvalue weighted by molar-refractivity contribution is 5.82. The minimum absolute atomic E-state index is 0.00982. The number of hydrogen-bond donors (Lipinski definition) is 2. The summed E-state index contributed by atoms with van der Waals surface area (Å²) < 4.78 is 1.35. The molecule has 2 rings (SSSR count). The molecule has 0 fully saturated rings. The van der Waals surface area contributed by atoms with E-state index in [0.717, 1.165) is 0 Å². The Bertz CT molecular complexity index is 798. The molecule has 24 heavy (non-hydrogen) atoms. The summed E-state index contributed by atoms with van der Waals surface area (Å²) in [6, 6.07) is 6.29. The van der Waals surface area contributed by atoms with Crippen molar-refractivity contribution in [1.29, 1.82) is 0 Å². The molecule has 0 radical (unpaired) electrons. The van der Waals surface area contributed by atoms with Crippen molar-refractivity contribution in [3.63, 3.8) is 0 Å². The predicted molar refractivity (Wildman–Crippen MR) is 89.8 cm³/mol.